The van der Waals surface area contributed by atoms with E-state index in [4.69, 9.17) is 10.5 Å². The van der Waals surface area contributed by atoms with Crippen molar-refractivity contribution in [3.05, 3.63) is 30.0 Å². The molecule has 0 bridgehead atoms. The summed E-state index contributed by atoms with van der Waals surface area (Å²) in [6.45, 7) is 2.80. The van der Waals surface area contributed by atoms with Gasteiger partial charge < -0.3 is 15.8 Å². The van der Waals surface area contributed by atoms with Gasteiger partial charge in [0.25, 0.3) is 0 Å². The van der Waals surface area contributed by atoms with Gasteiger partial charge in [-0.1, -0.05) is 24.3 Å². The number of ether oxygens (including phenoxy) is 1. The van der Waals surface area contributed by atoms with Gasteiger partial charge in [-0.15, -0.1) is 5.10 Å². The standard InChI is InChI=1S/C15H18N4O/c1-8-9-4-2-3-5-10(9)15(19-18-8)17-13-12(16)11-6-7-20-14(11)13/h2-5,11-14H,6-7,16H2,1H3,(H,17,19). The van der Waals surface area contributed by atoms with Gasteiger partial charge in [0.1, 0.15) is 0 Å². The average molecular weight is 270 g/mol. The summed E-state index contributed by atoms with van der Waals surface area (Å²) in [6.07, 6.45) is 1.30. The number of nitrogens with two attached hydrogens (primary N) is 1. The Kier molecular flexibility index (Phi) is 2.65. The second-order valence-corrected chi connectivity index (χ2v) is 5.72. The smallest absolute Gasteiger partial charge is 0.156 e. The molecule has 1 aromatic carbocycles. The summed E-state index contributed by atoms with van der Waals surface area (Å²) in [6, 6.07) is 8.46. The van der Waals surface area contributed by atoms with E-state index in [0.717, 1.165) is 35.3 Å². The fourth-order valence-corrected chi connectivity index (χ4v) is 3.43. The third-order valence-electron chi connectivity index (χ3n) is 4.62. The Labute approximate surface area is 117 Å². The van der Waals surface area contributed by atoms with Crippen molar-refractivity contribution >= 4 is 16.6 Å². The van der Waals surface area contributed by atoms with Crippen molar-refractivity contribution in [2.75, 3.05) is 11.9 Å². The summed E-state index contributed by atoms with van der Waals surface area (Å²) < 4.78 is 5.75. The predicted octanol–water partition coefficient (Wildman–Crippen LogP) is 1.46. The van der Waals surface area contributed by atoms with E-state index < -0.39 is 0 Å². The molecular weight excluding hydrogens is 252 g/mol. The van der Waals surface area contributed by atoms with Gasteiger partial charge in [0.15, 0.2) is 5.82 Å². The molecule has 2 fully saturated rings. The Hall–Kier alpha value is -1.72. The Morgan fingerprint density at radius 3 is 2.90 bits per heavy atom. The van der Waals surface area contributed by atoms with E-state index in [1.54, 1.807) is 0 Å². The number of hydrogen-bond acceptors (Lipinski definition) is 5. The average Bonchev–Trinajstić information content (AvgIpc) is 2.91. The highest BCUT2D eigenvalue weighted by molar-refractivity contribution is 5.93. The van der Waals surface area contributed by atoms with Crippen LogP contribution >= 0.6 is 0 Å². The second kappa shape index (κ2) is 4.40. The van der Waals surface area contributed by atoms with E-state index in [-0.39, 0.29) is 18.2 Å². The van der Waals surface area contributed by atoms with Crippen LogP contribution in [0.5, 0.6) is 0 Å². The van der Waals surface area contributed by atoms with Crippen LogP contribution in [0.1, 0.15) is 12.1 Å². The van der Waals surface area contributed by atoms with E-state index >= 15 is 0 Å². The van der Waals surface area contributed by atoms with Crippen LogP contribution in [0.25, 0.3) is 10.8 Å². The minimum atomic E-state index is 0.142. The maximum Gasteiger partial charge on any atom is 0.156 e. The molecular formula is C15H18N4O. The maximum atomic E-state index is 6.24. The molecule has 5 heteroatoms. The number of rotatable bonds is 2. The summed E-state index contributed by atoms with van der Waals surface area (Å²) in [5, 5.41) is 14.2. The van der Waals surface area contributed by atoms with Crippen molar-refractivity contribution < 1.29 is 4.74 Å². The lowest BCUT2D eigenvalue weighted by atomic mass is 9.72. The summed E-state index contributed by atoms with van der Waals surface area (Å²) in [5.41, 5.74) is 7.18. The lowest BCUT2D eigenvalue weighted by Gasteiger charge is -2.45. The molecule has 4 unspecified atom stereocenters. The number of aryl methyl sites for hydroxylation is 1. The topological polar surface area (TPSA) is 73.1 Å². The lowest BCUT2D eigenvalue weighted by molar-refractivity contribution is 0.00526. The molecule has 5 nitrogen and oxygen atoms in total. The number of benzene rings is 1. The van der Waals surface area contributed by atoms with Crippen molar-refractivity contribution in [1.82, 2.24) is 10.2 Å². The van der Waals surface area contributed by atoms with Crippen molar-refractivity contribution in [1.29, 1.82) is 0 Å². The van der Waals surface area contributed by atoms with E-state index in [9.17, 15) is 0 Å². The number of aromatic nitrogens is 2. The first-order valence-electron chi connectivity index (χ1n) is 7.11. The predicted molar refractivity (Wildman–Crippen MR) is 77.5 cm³/mol. The van der Waals surface area contributed by atoms with Gasteiger partial charge in [-0.25, -0.2) is 0 Å². The van der Waals surface area contributed by atoms with Crippen LogP contribution in [0.2, 0.25) is 0 Å². The molecule has 3 N–H and O–H groups in total. The van der Waals surface area contributed by atoms with Gasteiger partial charge in [-0.05, 0) is 13.3 Å². The van der Waals surface area contributed by atoms with Gasteiger partial charge in [0, 0.05) is 29.3 Å². The van der Waals surface area contributed by atoms with Crippen LogP contribution in [0.15, 0.2) is 24.3 Å². The monoisotopic (exact) mass is 270 g/mol. The van der Waals surface area contributed by atoms with E-state index in [2.05, 4.69) is 27.6 Å². The summed E-state index contributed by atoms with van der Waals surface area (Å²) >= 11 is 0. The first-order chi connectivity index (χ1) is 9.75. The highest BCUT2D eigenvalue weighted by atomic mass is 16.5. The molecule has 2 aromatic rings. The molecule has 0 radical (unpaired) electrons. The second-order valence-electron chi connectivity index (χ2n) is 5.72. The molecule has 20 heavy (non-hydrogen) atoms. The molecule has 1 aliphatic carbocycles. The van der Waals surface area contributed by atoms with Gasteiger partial charge in [0.2, 0.25) is 0 Å². The molecule has 2 heterocycles. The molecule has 0 amide bonds. The number of anilines is 1. The minimum absolute atomic E-state index is 0.142. The Morgan fingerprint density at radius 2 is 2.05 bits per heavy atom. The minimum Gasteiger partial charge on any atom is -0.376 e. The van der Waals surface area contributed by atoms with E-state index in [1.165, 1.54) is 0 Å². The highest BCUT2D eigenvalue weighted by Gasteiger charge is 2.52. The summed E-state index contributed by atoms with van der Waals surface area (Å²) in [5.74, 6) is 1.30. The lowest BCUT2D eigenvalue weighted by Crippen LogP contribution is -2.65. The van der Waals surface area contributed by atoms with E-state index in [0.29, 0.717) is 5.92 Å². The zero-order chi connectivity index (χ0) is 13.7. The van der Waals surface area contributed by atoms with Crippen molar-refractivity contribution in [2.24, 2.45) is 11.7 Å². The molecule has 1 aliphatic heterocycles. The molecule has 104 valence electrons. The fraction of sp³-hybridized carbons (Fsp3) is 0.467. The first kappa shape index (κ1) is 12.1. The number of nitrogens with zero attached hydrogens (tertiary/aromatic N) is 2. The first-order valence-corrected chi connectivity index (χ1v) is 7.11. The number of fused-ring (bicyclic) bond motifs is 2. The largest absolute Gasteiger partial charge is 0.376 e. The Morgan fingerprint density at radius 1 is 1.25 bits per heavy atom. The maximum absolute atomic E-state index is 6.24. The zero-order valence-corrected chi connectivity index (χ0v) is 11.4. The Bertz CT molecular complexity index is 659. The Balaban J connectivity index is 1.68. The van der Waals surface area contributed by atoms with Crippen molar-refractivity contribution in [3.8, 4) is 0 Å². The molecule has 0 spiro atoms. The van der Waals surface area contributed by atoms with Crippen molar-refractivity contribution in [2.45, 2.75) is 31.5 Å². The molecule has 1 saturated heterocycles. The molecule has 1 saturated carbocycles. The fourth-order valence-electron chi connectivity index (χ4n) is 3.43. The number of hydrogen-bond donors (Lipinski definition) is 2. The summed E-state index contributed by atoms with van der Waals surface area (Å²) in [4.78, 5) is 0. The van der Waals surface area contributed by atoms with Crippen LogP contribution in [0.4, 0.5) is 5.82 Å². The van der Waals surface area contributed by atoms with Gasteiger partial charge in [-0.2, -0.15) is 5.10 Å². The molecule has 4 atom stereocenters. The normalized spacial score (nSPS) is 31.9. The zero-order valence-electron chi connectivity index (χ0n) is 11.4. The number of nitrogens with one attached hydrogen (secondary N) is 1. The van der Waals surface area contributed by atoms with E-state index in [1.807, 2.05) is 19.1 Å². The van der Waals surface area contributed by atoms with Crippen molar-refractivity contribution in [3.63, 3.8) is 0 Å². The molecule has 1 aromatic heterocycles. The van der Waals surface area contributed by atoms with Crippen LogP contribution in [-0.2, 0) is 4.74 Å². The van der Waals surface area contributed by atoms with Gasteiger partial charge in [-0.3, -0.25) is 0 Å². The van der Waals surface area contributed by atoms with Crippen LogP contribution in [-0.4, -0.2) is 35.0 Å². The van der Waals surface area contributed by atoms with Gasteiger partial charge >= 0.3 is 0 Å². The third-order valence-corrected chi connectivity index (χ3v) is 4.62. The van der Waals surface area contributed by atoms with Crippen LogP contribution in [0, 0.1) is 12.8 Å². The summed E-state index contributed by atoms with van der Waals surface area (Å²) in [7, 11) is 0. The van der Waals surface area contributed by atoms with Crippen LogP contribution < -0.4 is 11.1 Å². The quantitative estimate of drug-likeness (QED) is 0.864. The molecule has 4 rings (SSSR count). The highest BCUT2D eigenvalue weighted by Crippen LogP contribution is 2.39. The van der Waals surface area contributed by atoms with Crippen LogP contribution in [0.3, 0.4) is 0 Å². The van der Waals surface area contributed by atoms with Gasteiger partial charge in [0.05, 0.1) is 17.8 Å². The third kappa shape index (κ3) is 1.63. The molecule has 2 aliphatic rings. The SMILES string of the molecule is Cc1nnc(NC2C(N)C3CCOC32)c2ccccc12.